The second-order valence-corrected chi connectivity index (χ2v) is 10.6. The van der Waals surface area contributed by atoms with Gasteiger partial charge in [-0.1, -0.05) is 51.7 Å². The molecule has 1 heterocycles. The molecular weight excluding hydrogens is 416 g/mol. The van der Waals surface area contributed by atoms with Gasteiger partial charge in [-0.25, -0.2) is 0 Å². The second-order valence-electron chi connectivity index (χ2n) is 10.6. The van der Waals surface area contributed by atoms with E-state index in [1.807, 2.05) is 13.8 Å². The Morgan fingerprint density at radius 1 is 1.06 bits per heavy atom. The van der Waals surface area contributed by atoms with Crippen LogP contribution in [0.5, 0.6) is 0 Å². The molecule has 2 aliphatic rings. The summed E-state index contributed by atoms with van der Waals surface area (Å²) in [6.45, 7) is 9.69. The van der Waals surface area contributed by atoms with Gasteiger partial charge in [0.05, 0.1) is 25.4 Å². The molecule has 2 fully saturated rings. The average molecular weight is 467 g/mol. The van der Waals surface area contributed by atoms with Gasteiger partial charge in [-0.05, 0) is 70.1 Å². The summed E-state index contributed by atoms with van der Waals surface area (Å²) in [5.41, 5.74) is 0. The van der Waals surface area contributed by atoms with E-state index in [9.17, 15) is 9.90 Å². The summed E-state index contributed by atoms with van der Waals surface area (Å²) in [4.78, 5) is 11.6. The Morgan fingerprint density at radius 2 is 1.79 bits per heavy atom. The van der Waals surface area contributed by atoms with E-state index in [0.717, 1.165) is 44.9 Å². The monoisotopic (exact) mass is 466 g/mol. The van der Waals surface area contributed by atoms with Crippen LogP contribution in [0.2, 0.25) is 0 Å². The lowest BCUT2D eigenvalue weighted by Crippen LogP contribution is -2.32. The van der Waals surface area contributed by atoms with Gasteiger partial charge in [-0.15, -0.1) is 0 Å². The predicted molar refractivity (Wildman–Crippen MR) is 133 cm³/mol. The van der Waals surface area contributed by atoms with Crippen LogP contribution >= 0.6 is 0 Å². The number of rotatable bonds is 16. The summed E-state index contributed by atoms with van der Waals surface area (Å²) in [6, 6.07) is 0. The van der Waals surface area contributed by atoms with Crippen LogP contribution < -0.4 is 0 Å². The van der Waals surface area contributed by atoms with Crippen LogP contribution in [0, 0.1) is 17.8 Å². The Bertz CT molecular complexity index is 567. The van der Waals surface area contributed by atoms with Crippen molar-refractivity contribution >= 4 is 5.97 Å². The maximum absolute atomic E-state index is 11.6. The van der Waals surface area contributed by atoms with Crippen molar-refractivity contribution in [1.82, 2.24) is 0 Å². The largest absolute Gasteiger partial charge is 0.463 e. The van der Waals surface area contributed by atoms with Gasteiger partial charge in [0.2, 0.25) is 0 Å². The highest BCUT2D eigenvalue weighted by atomic mass is 16.7. The fraction of sp³-hybridized carbons (Fsp3) is 0.893. The van der Waals surface area contributed by atoms with Crippen molar-refractivity contribution in [2.24, 2.45) is 17.8 Å². The molecule has 0 amide bonds. The Labute approximate surface area is 202 Å². The fourth-order valence-corrected chi connectivity index (χ4v) is 5.62. The van der Waals surface area contributed by atoms with Gasteiger partial charge in [0.25, 0.3) is 0 Å². The molecule has 33 heavy (non-hydrogen) atoms. The van der Waals surface area contributed by atoms with E-state index >= 15 is 0 Å². The third kappa shape index (κ3) is 10.1. The van der Waals surface area contributed by atoms with Crippen molar-refractivity contribution in [3.05, 3.63) is 12.2 Å². The highest BCUT2D eigenvalue weighted by Gasteiger charge is 2.42. The summed E-state index contributed by atoms with van der Waals surface area (Å²) >= 11 is 0. The number of aliphatic hydroxyl groups excluding tert-OH is 1. The first kappa shape index (κ1) is 28.3. The first-order chi connectivity index (χ1) is 15.9. The summed E-state index contributed by atoms with van der Waals surface area (Å²) in [5, 5.41) is 10.7. The van der Waals surface area contributed by atoms with Crippen molar-refractivity contribution in [3.8, 4) is 0 Å². The molecule has 0 radical (unpaired) electrons. The van der Waals surface area contributed by atoms with Crippen molar-refractivity contribution < 1.29 is 24.1 Å². The van der Waals surface area contributed by atoms with Crippen molar-refractivity contribution in [1.29, 1.82) is 0 Å². The van der Waals surface area contributed by atoms with Crippen LogP contribution in [0.3, 0.4) is 0 Å². The zero-order valence-electron chi connectivity index (χ0n) is 21.7. The molecule has 1 aliphatic heterocycles. The number of carbonyl (C=O) groups excluding carboxylic acids is 1. The van der Waals surface area contributed by atoms with Gasteiger partial charge >= 0.3 is 5.97 Å². The zero-order valence-corrected chi connectivity index (χ0v) is 21.7. The lowest BCUT2D eigenvalue weighted by molar-refractivity contribution is -0.171. The van der Waals surface area contributed by atoms with Gasteiger partial charge in [0.1, 0.15) is 0 Å². The molecule has 4 atom stereocenters. The number of hydrogen-bond acceptors (Lipinski definition) is 5. The molecule has 1 N–H and O–H groups in total. The first-order valence-electron chi connectivity index (χ1n) is 13.7. The zero-order chi connectivity index (χ0) is 24.1. The highest BCUT2D eigenvalue weighted by molar-refractivity contribution is 5.69. The summed E-state index contributed by atoms with van der Waals surface area (Å²) in [5.74, 6) is 0.798. The third-order valence-corrected chi connectivity index (χ3v) is 7.42. The van der Waals surface area contributed by atoms with E-state index in [4.69, 9.17) is 14.2 Å². The molecule has 1 aliphatic carbocycles. The molecule has 0 aromatic heterocycles. The van der Waals surface area contributed by atoms with Gasteiger partial charge in [0, 0.05) is 19.3 Å². The van der Waals surface area contributed by atoms with E-state index in [1.165, 1.54) is 32.1 Å². The summed E-state index contributed by atoms with van der Waals surface area (Å²) < 4.78 is 17.5. The first-order valence-corrected chi connectivity index (χ1v) is 13.7. The number of esters is 1. The standard InChI is InChI=1S/C28H50O5/c1-5-6-7-10-13-17-28(31-19-20-32-28)18-16-24-23(4)21-26(29)25(24)14-11-8-9-12-15-27(30)33-22(2)3/h8,11,22-26,29H,5-7,9-10,12-21H2,1-4H3/b11-8-/t23-,24+,25-,26+/m1/s1. The smallest absolute Gasteiger partial charge is 0.306 e. The van der Waals surface area contributed by atoms with Crippen molar-refractivity contribution in [2.75, 3.05) is 13.2 Å². The van der Waals surface area contributed by atoms with Crippen molar-refractivity contribution in [2.45, 2.75) is 129 Å². The minimum atomic E-state index is -0.398. The number of carbonyl (C=O) groups is 1. The highest BCUT2D eigenvalue weighted by Crippen LogP contribution is 2.44. The number of aliphatic hydroxyl groups is 1. The normalized spacial score (nSPS) is 27.1. The number of ether oxygens (including phenoxy) is 3. The molecule has 2 rings (SSSR count). The van der Waals surface area contributed by atoms with Gasteiger partial charge in [-0.3, -0.25) is 4.79 Å². The molecule has 0 aromatic rings. The third-order valence-electron chi connectivity index (χ3n) is 7.42. The second kappa shape index (κ2) is 15.2. The van der Waals surface area contributed by atoms with E-state index in [-0.39, 0.29) is 18.2 Å². The van der Waals surface area contributed by atoms with Crippen LogP contribution in [0.1, 0.15) is 111 Å². The van der Waals surface area contributed by atoms with Crippen LogP contribution in [-0.4, -0.2) is 42.3 Å². The van der Waals surface area contributed by atoms with Gasteiger partial charge < -0.3 is 19.3 Å². The van der Waals surface area contributed by atoms with Crippen LogP contribution in [0.25, 0.3) is 0 Å². The molecule has 0 aromatic carbocycles. The van der Waals surface area contributed by atoms with E-state index in [1.54, 1.807) is 0 Å². The average Bonchev–Trinajstić information content (AvgIpc) is 3.33. The lowest BCUT2D eigenvalue weighted by atomic mass is 9.82. The Hall–Kier alpha value is -0.910. The summed E-state index contributed by atoms with van der Waals surface area (Å²) in [7, 11) is 0. The van der Waals surface area contributed by atoms with Crippen LogP contribution in [0.4, 0.5) is 0 Å². The molecule has 0 unspecified atom stereocenters. The maximum Gasteiger partial charge on any atom is 0.306 e. The number of hydrogen-bond donors (Lipinski definition) is 1. The maximum atomic E-state index is 11.6. The number of unbranched alkanes of at least 4 members (excludes halogenated alkanes) is 5. The van der Waals surface area contributed by atoms with Gasteiger partial charge in [-0.2, -0.15) is 0 Å². The Balaban J connectivity index is 1.78. The van der Waals surface area contributed by atoms with E-state index in [0.29, 0.717) is 37.4 Å². The molecule has 0 bridgehead atoms. The number of allylic oxidation sites excluding steroid dienone is 2. The summed E-state index contributed by atoms with van der Waals surface area (Å²) in [6.07, 6.45) is 17.3. The van der Waals surface area contributed by atoms with Gasteiger partial charge in [0.15, 0.2) is 5.79 Å². The topological polar surface area (TPSA) is 65.0 Å². The lowest BCUT2D eigenvalue weighted by Gasteiger charge is -2.31. The molecule has 0 spiro atoms. The van der Waals surface area contributed by atoms with E-state index < -0.39 is 5.79 Å². The van der Waals surface area contributed by atoms with Crippen LogP contribution in [0.15, 0.2) is 12.2 Å². The molecule has 5 nitrogen and oxygen atoms in total. The van der Waals surface area contributed by atoms with Crippen LogP contribution in [-0.2, 0) is 19.0 Å². The molecule has 1 saturated carbocycles. The Morgan fingerprint density at radius 3 is 2.48 bits per heavy atom. The minimum absolute atomic E-state index is 0.0453. The minimum Gasteiger partial charge on any atom is -0.463 e. The fourth-order valence-electron chi connectivity index (χ4n) is 5.62. The quantitative estimate of drug-likeness (QED) is 0.158. The molecule has 192 valence electrons. The predicted octanol–water partition coefficient (Wildman–Crippen LogP) is 6.57. The molecular formula is C28H50O5. The van der Waals surface area contributed by atoms with E-state index in [2.05, 4.69) is 26.0 Å². The molecule has 5 heteroatoms. The SMILES string of the molecule is CCCCCCCC1(CC[C@@H]2[C@@H](C/C=C\CCCC(=O)OC(C)C)[C@@H](O)C[C@H]2C)OCCO1. The molecule has 1 saturated heterocycles. The van der Waals surface area contributed by atoms with Crippen molar-refractivity contribution in [3.63, 3.8) is 0 Å². The Kier molecular flexibility index (Phi) is 13.0.